The fraction of sp³-hybridized carbons (Fsp3) is 0.385. The summed E-state index contributed by atoms with van der Waals surface area (Å²) in [6.07, 6.45) is 0.439. The molecule has 0 radical (unpaired) electrons. The summed E-state index contributed by atoms with van der Waals surface area (Å²) in [5, 5.41) is 7.45. The first-order valence-corrected chi connectivity index (χ1v) is 8.65. The van der Waals surface area contributed by atoms with Crippen LogP contribution in [0.15, 0.2) is 29.4 Å². The van der Waals surface area contributed by atoms with Gasteiger partial charge in [-0.2, -0.15) is 0 Å². The van der Waals surface area contributed by atoms with Crippen molar-refractivity contribution in [3.8, 4) is 5.75 Å². The van der Waals surface area contributed by atoms with E-state index in [2.05, 4.69) is 10.2 Å². The van der Waals surface area contributed by atoms with Crippen LogP contribution in [-0.4, -0.2) is 30.3 Å². The highest BCUT2D eigenvalue weighted by molar-refractivity contribution is 8.13. The second-order valence-corrected chi connectivity index (χ2v) is 7.29. The second-order valence-electron chi connectivity index (χ2n) is 4.83. The van der Waals surface area contributed by atoms with Gasteiger partial charge in [0.15, 0.2) is 0 Å². The van der Waals surface area contributed by atoms with E-state index < -0.39 is 9.05 Å². The number of aromatic nitrogens is 3. The lowest BCUT2D eigenvalue weighted by molar-refractivity contribution is 0.414. The maximum Gasteiger partial charge on any atom is 0.296 e. The molecule has 1 heterocycles. The lowest BCUT2D eigenvalue weighted by atomic mass is 10.1. The summed E-state index contributed by atoms with van der Waals surface area (Å²) in [4.78, 5) is 0. The van der Waals surface area contributed by atoms with Crippen molar-refractivity contribution in [3.63, 3.8) is 0 Å². The van der Waals surface area contributed by atoms with Crippen LogP contribution in [0.3, 0.4) is 0 Å². The minimum absolute atomic E-state index is 0.121. The van der Waals surface area contributed by atoms with E-state index in [0.717, 1.165) is 11.3 Å². The SMILES string of the molecule is COc1cccc(Cc2nnc(S(=O)(=O)Cl)n2C(C)C)c1. The van der Waals surface area contributed by atoms with Crippen molar-refractivity contribution >= 4 is 19.7 Å². The van der Waals surface area contributed by atoms with E-state index in [1.54, 1.807) is 7.11 Å². The molecule has 21 heavy (non-hydrogen) atoms. The van der Waals surface area contributed by atoms with Crippen LogP contribution in [-0.2, 0) is 15.5 Å². The van der Waals surface area contributed by atoms with Crippen LogP contribution in [0.2, 0.25) is 0 Å². The number of hydrogen-bond acceptors (Lipinski definition) is 5. The van der Waals surface area contributed by atoms with E-state index in [-0.39, 0.29) is 11.2 Å². The van der Waals surface area contributed by atoms with Gasteiger partial charge in [-0.3, -0.25) is 4.57 Å². The number of methoxy groups -OCH3 is 1. The van der Waals surface area contributed by atoms with Gasteiger partial charge in [-0.15, -0.1) is 10.2 Å². The molecule has 0 bridgehead atoms. The molecule has 1 aromatic heterocycles. The first kappa shape index (κ1) is 15.8. The molecule has 1 aromatic carbocycles. The van der Waals surface area contributed by atoms with Crippen LogP contribution in [0.4, 0.5) is 0 Å². The van der Waals surface area contributed by atoms with E-state index in [1.807, 2.05) is 38.1 Å². The third-order valence-electron chi connectivity index (χ3n) is 2.97. The smallest absolute Gasteiger partial charge is 0.296 e. The van der Waals surface area contributed by atoms with Crippen LogP contribution in [0.5, 0.6) is 5.75 Å². The molecule has 0 spiro atoms. The Morgan fingerprint density at radius 3 is 2.62 bits per heavy atom. The highest BCUT2D eigenvalue weighted by Crippen LogP contribution is 2.22. The van der Waals surface area contributed by atoms with Crippen LogP contribution in [0.1, 0.15) is 31.3 Å². The average Bonchev–Trinajstić information content (AvgIpc) is 2.82. The first-order chi connectivity index (χ1) is 9.82. The monoisotopic (exact) mass is 329 g/mol. The second kappa shape index (κ2) is 6.03. The van der Waals surface area contributed by atoms with Crippen LogP contribution in [0.25, 0.3) is 0 Å². The molecule has 0 aliphatic carbocycles. The topological polar surface area (TPSA) is 74.1 Å². The predicted octanol–water partition coefficient (Wildman–Crippen LogP) is 2.39. The maximum atomic E-state index is 11.5. The fourth-order valence-electron chi connectivity index (χ4n) is 2.08. The molecule has 0 saturated heterocycles. The zero-order valence-corrected chi connectivity index (χ0v) is 13.5. The van der Waals surface area contributed by atoms with Crippen molar-refractivity contribution < 1.29 is 13.2 Å². The molecule has 0 aliphatic rings. The van der Waals surface area contributed by atoms with Crippen LogP contribution < -0.4 is 4.74 Å². The lowest BCUT2D eigenvalue weighted by Crippen LogP contribution is -2.12. The fourth-order valence-corrected chi connectivity index (χ4v) is 3.08. The molecule has 0 amide bonds. The molecular weight excluding hydrogens is 314 g/mol. The number of nitrogens with zero attached hydrogens (tertiary/aromatic N) is 3. The lowest BCUT2D eigenvalue weighted by Gasteiger charge is -2.12. The molecule has 8 heteroatoms. The van der Waals surface area contributed by atoms with E-state index >= 15 is 0 Å². The Morgan fingerprint density at radius 1 is 1.33 bits per heavy atom. The Balaban J connectivity index is 2.43. The van der Waals surface area contributed by atoms with Crippen molar-refractivity contribution in [2.45, 2.75) is 31.5 Å². The molecule has 0 unspecified atom stereocenters. The number of hydrogen-bond donors (Lipinski definition) is 0. The van der Waals surface area contributed by atoms with Crippen LogP contribution in [0, 0.1) is 0 Å². The summed E-state index contributed by atoms with van der Waals surface area (Å²) in [7, 11) is 3.07. The Kier molecular flexibility index (Phi) is 4.53. The Labute approximate surface area is 128 Å². The van der Waals surface area contributed by atoms with Gasteiger partial charge in [0.1, 0.15) is 11.6 Å². The molecule has 0 fully saturated rings. The molecule has 2 rings (SSSR count). The largest absolute Gasteiger partial charge is 0.497 e. The maximum absolute atomic E-state index is 11.5. The molecule has 0 N–H and O–H groups in total. The highest BCUT2D eigenvalue weighted by atomic mass is 35.7. The summed E-state index contributed by atoms with van der Waals surface area (Å²) in [5.74, 6) is 1.27. The van der Waals surface area contributed by atoms with Gasteiger partial charge in [0, 0.05) is 23.1 Å². The normalized spacial score (nSPS) is 11.9. The van der Waals surface area contributed by atoms with E-state index in [1.165, 1.54) is 4.57 Å². The Morgan fingerprint density at radius 2 is 2.05 bits per heavy atom. The molecule has 114 valence electrons. The molecular formula is C13H16ClN3O3S. The molecule has 0 atom stereocenters. The zero-order valence-electron chi connectivity index (χ0n) is 11.9. The molecule has 2 aromatic rings. The quantitative estimate of drug-likeness (QED) is 0.787. The van der Waals surface area contributed by atoms with Gasteiger partial charge in [-0.25, -0.2) is 8.42 Å². The average molecular weight is 330 g/mol. The van der Waals surface area contributed by atoms with Gasteiger partial charge in [0.05, 0.1) is 7.11 Å². The van der Waals surface area contributed by atoms with Gasteiger partial charge in [-0.05, 0) is 31.5 Å². The van der Waals surface area contributed by atoms with Crippen molar-refractivity contribution in [2.24, 2.45) is 0 Å². The third kappa shape index (κ3) is 3.54. The van der Waals surface area contributed by atoms with Crippen molar-refractivity contribution in [1.29, 1.82) is 0 Å². The van der Waals surface area contributed by atoms with Crippen molar-refractivity contribution in [3.05, 3.63) is 35.7 Å². The van der Waals surface area contributed by atoms with E-state index in [4.69, 9.17) is 15.4 Å². The first-order valence-electron chi connectivity index (χ1n) is 6.34. The van der Waals surface area contributed by atoms with E-state index in [0.29, 0.717) is 12.2 Å². The number of rotatable bonds is 5. The van der Waals surface area contributed by atoms with Crippen molar-refractivity contribution in [2.75, 3.05) is 7.11 Å². The summed E-state index contributed by atoms with van der Waals surface area (Å²) < 4.78 is 29.8. The highest BCUT2D eigenvalue weighted by Gasteiger charge is 2.24. The van der Waals surface area contributed by atoms with Gasteiger partial charge in [-0.1, -0.05) is 12.1 Å². The van der Waals surface area contributed by atoms with Gasteiger partial charge in [0.25, 0.3) is 14.2 Å². The summed E-state index contributed by atoms with van der Waals surface area (Å²) >= 11 is 0. The third-order valence-corrected chi connectivity index (χ3v) is 4.09. The van der Waals surface area contributed by atoms with E-state index in [9.17, 15) is 8.42 Å². The molecule has 6 nitrogen and oxygen atoms in total. The molecule has 0 saturated carbocycles. The zero-order chi connectivity index (χ0) is 15.6. The predicted molar refractivity (Wildman–Crippen MR) is 79.2 cm³/mol. The summed E-state index contributed by atoms with van der Waals surface area (Å²) in [6, 6.07) is 7.36. The van der Waals surface area contributed by atoms with Gasteiger partial charge < -0.3 is 4.74 Å². The Hall–Kier alpha value is -1.60. The van der Waals surface area contributed by atoms with Gasteiger partial charge in [0.2, 0.25) is 0 Å². The number of halogens is 1. The number of benzene rings is 1. The standard InChI is InChI=1S/C13H16ClN3O3S/c1-9(2)17-12(15-16-13(17)21(14,18)19)8-10-5-4-6-11(7-10)20-3/h4-7,9H,8H2,1-3H3. The summed E-state index contributed by atoms with van der Waals surface area (Å²) in [6.45, 7) is 3.70. The molecule has 0 aliphatic heterocycles. The summed E-state index contributed by atoms with van der Waals surface area (Å²) in [5.41, 5.74) is 0.946. The van der Waals surface area contributed by atoms with Gasteiger partial charge >= 0.3 is 0 Å². The minimum Gasteiger partial charge on any atom is -0.497 e. The number of ether oxygens (including phenoxy) is 1. The van der Waals surface area contributed by atoms with Crippen LogP contribution >= 0.6 is 10.7 Å². The Bertz CT molecular complexity index is 741. The van der Waals surface area contributed by atoms with Crippen molar-refractivity contribution in [1.82, 2.24) is 14.8 Å². The minimum atomic E-state index is -3.93.